The van der Waals surface area contributed by atoms with Crippen molar-refractivity contribution in [1.29, 1.82) is 0 Å². The first-order valence-electron chi connectivity index (χ1n) is 9.28. The van der Waals surface area contributed by atoms with Gasteiger partial charge in [0.05, 0.1) is 12.6 Å². The Morgan fingerprint density at radius 3 is 2.31 bits per heavy atom. The Morgan fingerprint density at radius 1 is 1.12 bits per heavy atom. The highest BCUT2D eigenvalue weighted by Crippen LogP contribution is 2.44. The first kappa shape index (κ1) is 17.1. The van der Waals surface area contributed by atoms with Crippen LogP contribution in [0.25, 0.3) is 11.1 Å². The lowest BCUT2D eigenvalue weighted by molar-refractivity contribution is -0.00740. The van der Waals surface area contributed by atoms with E-state index in [1.807, 2.05) is 38.1 Å². The number of piperidine rings is 1. The van der Waals surface area contributed by atoms with Crippen LogP contribution in [0.5, 0.6) is 0 Å². The highest BCUT2D eigenvalue weighted by atomic mass is 16.6. The van der Waals surface area contributed by atoms with Gasteiger partial charge in [0, 0.05) is 11.5 Å². The Balaban J connectivity index is 1.54. The fourth-order valence-electron chi connectivity index (χ4n) is 4.20. The molecule has 0 spiro atoms. The number of amides is 1. The quantitative estimate of drug-likeness (QED) is 0.883. The van der Waals surface area contributed by atoms with Gasteiger partial charge in [-0.2, -0.15) is 0 Å². The SMILES string of the molecule is CC1(C)CCC(O)CN1C(=O)OCC1c2ccccc2-c2ccccc21. The van der Waals surface area contributed by atoms with Gasteiger partial charge < -0.3 is 14.7 Å². The second-order valence-corrected chi connectivity index (χ2v) is 7.92. The van der Waals surface area contributed by atoms with Crippen LogP contribution in [0, 0.1) is 0 Å². The number of nitrogens with zero attached hydrogens (tertiary/aromatic N) is 1. The molecule has 1 fully saturated rings. The van der Waals surface area contributed by atoms with E-state index < -0.39 is 6.10 Å². The van der Waals surface area contributed by atoms with Crippen molar-refractivity contribution < 1.29 is 14.6 Å². The van der Waals surface area contributed by atoms with Gasteiger partial charge in [-0.15, -0.1) is 0 Å². The van der Waals surface area contributed by atoms with Crippen LogP contribution in [0.2, 0.25) is 0 Å². The summed E-state index contributed by atoms with van der Waals surface area (Å²) >= 11 is 0. The topological polar surface area (TPSA) is 49.8 Å². The van der Waals surface area contributed by atoms with E-state index in [1.165, 1.54) is 22.3 Å². The zero-order valence-electron chi connectivity index (χ0n) is 15.3. The molecule has 2 aromatic carbocycles. The van der Waals surface area contributed by atoms with Gasteiger partial charge in [-0.05, 0) is 48.9 Å². The average Bonchev–Trinajstić information content (AvgIpc) is 2.96. The lowest BCUT2D eigenvalue weighted by Crippen LogP contribution is -2.55. The maximum atomic E-state index is 12.7. The van der Waals surface area contributed by atoms with E-state index in [4.69, 9.17) is 4.74 Å². The zero-order valence-corrected chi connectivity index (χ0v) is 15.3. The van der Waals surface area contributed by atoms with E-state index in [2.05, 4.69) is 24.3 Å². The summed E-state index contributed by atoms with van der Waals surface area (Å²) in [5.74, 6) is 0.0594. The van der Waals surface area contributed by atoms with Crippen LogP contribution in [0.4, 0.5) is 4.79 Å². The molecular weight excluding hydrogens is 326 g/mol. The van der Waals surface area contributed by atoms with Gasteiger partial charge in [-0.25, -0.2) is 4.79 Å². The van der Waals surface area contributed by atoms with Crippen molar-refractivity contribution >= 4 is 6.09 Å². The number of hydrogen-bond acceptors (Lipinski definition) is 3. The second-order valence-electron chi connectivity index (χ2n) is 7.92. The van der Waals surface area contributed by atoms with Crippen LogP contribution in [0.3, 0.4) is 0 Å². The van der Waals surface area contributed by atoms with E-state index in [-0.39, 0.29) is 17.6 Å². The molecule has 0 bridgehead atoms. The van der Waals surface area contributed by atoms with Gasteiger partial charge in [-0.1, -0.05) is 48.5 Å². The molecule has 1 aliphatic heterocycles. The minimum Gasteiger partial charge on any atom is -0.448 e. The van der Waals surface area contributed by atoms with Gasteiger partial charge in [0.15, 0.2) is 0 Å². The Morgan fingerprint density at radius 2 is 1.69 bits per heavy atom. The Kier molecular flexibility index (Phi) is 4.23. The van der Waals surface area contributed by atoms with E-state index in [0.717, 1.165) is 12.8 Å². The van der Waals surface area contributed by atoms with Crippen LogP contribution in [0.15, 0.2) is 48.5 Å². The summed E-state index contributed by atoms with van der Waals surface area (Å²) in [6.07, 6.45) is 0.692. The third-order valence-electron chi connectivity index (χ3n) is 5.77. The number of fused-ring (bicyclic) bond motifs is 3. The van der Waals surface area contributed by atoms with Gasteiger partial charge in [0.2, 0.25) is 0 Å². The molecule has 136 valence electrons. The molecule has 1 saturated heterocycles. The van der Waals surface area contributed by atoms with Crippen molar-refractivity contribution in [1.82, 2.24) is 4.90 Å². The summed E-state index contributed by atoms with van der Waals surface area (Å²) in [7, 11) is 0. The minimum atomic E-state index is -0.469. The summed E-state index contributed by atoms with van der Waals surface area (Å²) in [5.41, 5.74) is 4.57. The van der Waals surface area contributed by atoms with E-state index in [1.54, 1.807) is 4.90 Å². The molecule has 0 saturated carbocycles. The highest BCUT2D eigenvalue weighted by molar-refractivity contribution is 5.79. The fourth-order valence-corrected chi connectivity index (χ4v) is 4.20. The zero-order chi connectivity index (χ0) is 18.3. The van der Waals surface area contributed by atoms with Crippen molar-refractivity contribution in [2.24, 2.45) is 0 Å². The maximum Gasteiger partial charge on any atom is 0.410 e. The third-order valence-corrected chi connectivity index (χ3v) is 5.77. The average molecular weight is 351 g/mol. The van der Waals surface area contributed by atoms with Crippen LogP contribution < -0.4 is 0 Å². The monoisotopic (exact) mass is 351 g/mol. The molecule has 1 unspecified atom stereocenters. The van der Waals surface area contributed by atoms with Crippen LogP contribution in [-0.4, -0.2) is 40.9 Å². The number of rotatable bonds is 2. The lowest BCUT2D eigenvalue weighted by atomic mass is 9.90. The van der Waals surface area contributed by atoms with Crippen LogP contribution >= 0.6 is 0 Å². The molecule has 1 heterocycles. The van der Waals surface area contributed by atoms with Gasteiger partial charge in [0.25, 0.3) is 0 Å². The molecule has 2 aromatic rings. The number of benzene rings is 2. The number of likely N-dealkylation sites (tertiary alicyclic amines) is 1. The normalized spacial score (nSPS) is 21.2. The summed E-state index contributed by atoms with van der Waals surface area (Å²) in [4.78, 5) is 14.4. The molecule has 2 aliphatic rings. The van der Waals surface area contributed by atoms with E-state index in [9.17, 15) is 9.90 Å². The molecule has 4 nitrogen and oxygen atoms in total. The van der Waals surface area contributed by atoms with Crippen molar-refractivity contribution in [3.8, 4) is 11.1 Å². The van der Waals surface area contributed by atoms with Crippen molar-refractivity contribution in [2.75, 3.05) is 13.2 Å². The molecule has 0 radical (unpaired) electrons. The van der Waals surface area contributed by atoms with Crippen molar-refractivity contribution in [3.63, 3.8) is 0 Å². The number of carbonyl (C=O) groups excluding carboxylic acids is 1. The van der Waals surface area contributed by atoms with Crippen LogP contribution in [-0.2, 0) is 4.74 Å². The standard InChI is InChI=1S/C22H25NO3/c1-22(2)12-11-15(24)13-23(22)21(25)26-14-20-18-9-5-3-7-16(18)17-8-4-6-10-19(17)20/h3-10,15,20,24H,11-14H2,1-2H3. The molecule has 4 heteroatoms. The predicted molar refractivity (Wildman–Crippen MR) is 101 cm³/mol. The first-order valence-corrected chi connectivity index (χ1v) is 9.28. The lowest BCUT2D eigenvalue weighted by Gasteiger charge is -2.43. The van der Waals surface area contributed by atoms with Crippen LogP contribution in [0.1, 0.15) is 43.7 Å². The van der Waals surface area contributed by atoms with Gasteiger partial charge in [0.1, 0.15) is 6.61 Å². The van der Waals surface area contributed by atoms with E-state index >= 15 is 0 Å². The van der Waals surface area contributed by atoms with Gasteiger partial charge >= 0.3 is 6.09 Å². The molecular formula is C22H25NO3. The first-order chi connectivity index (χ1) is 12.5. The number of ether oxygens (including phenoxy) is 1. The van der Waals surface area contributed by atoms with Crippen molar-refractivity contribution in [3.05, 3.63) is 59.7 Å². The molecule has 1 atom stereocenters. The summed E-state index contributed by atoms with van der Waals surface area (Å²) in [6, 6.07) is 16.6. The summed E-state index contributed by atoms with van der Waals surface area (Å²) < 4.78 is 5.74. The molecule has 26 heavy (non-hydrogen) atoms. The summed E-state index contributed by atoms with van der Waals surface area (Å²) in [6.45, 7) is 4.71. The molecule has 4 rings (SSSR count). The Hall–Kier alpha value is -2.33. The number of carbonyl (C=O) groups is 1. The number of hydrogen-bond donors (Lipinski definition) is 1. The number of aliphatic hydroxyl groups is 1. The molecule has 0 aromatic heterocycles. The number of β-amino-alcohol motifs (C(OH)–C–C–N with tert-alkyl or cyclic N) is 1. The summed E-state index contributed by atoms with van der Waals surface area (Å²) in [5, 5.41) is 9.95. The third kappa shape index (κ3) is 2.88. The molecule has 1 aliphatic carbocycles. The molecule has 1 amide bonds. The second kappa shape index (κ2) is 6.44. The van der Waals surface area contributed by atoms with Crippen molar-refractivity contribution in [2.45, 2.75) is 44.2 Å². The maximum absolute atomic E-state index is 12.7. The van der Waals surface area contributed by atoms with E-state index in [0.29, 0.717) is 13.2 Å². The Labute approximate surface area is 154 Å². The Bertz CT molecular complexity index is 784. The predicted octanol–water partition coefficient (Wildman–Crippen LogP) is 4.17. The van der Waals surface area contributed by atoms with Gasteiger partial charge in [-0.3, -0.25) is 0 Å². The number of aliphatic hydroxyl groups excluding tert-OH is 1. The fraction of sp³-hybridized carbons (Fsp3) is 0.409. The minimum absolute atomic E-state index is 0.0594. The largest absolute Gasteiger partial charge is 0.448 e. The molecule has 1 N–H and O–H groups in total. The highest BCUT2D eigenvalue weighted by Gasteiger charge is 2.38. The smallest absolute Gasteiger partial charge is 0.410 e.